The van der Waals surface area contributed by atoms with Gasteiger partial charge in [-0.15, -0.1) is 12.4 Å². The minimum absolute atomic E-state index is 0. The molecule has 0 unspecified atom stereocenters. The molecule has 27 heavy (non-hydrogen) atoms. The molecule has 0 aromatic rings. The van der Waals surface area contributed by atoms with E-state index in [1.807, 2.05) is 0 Å². The van der Waals surface area contributed by atoms with Crippen molar-refractivity contribution in [2.24, 2.45) is 0 Å². The second-order valence-corrected chi connectivity index (χ2v) is 7.70. The van der Waals surface area contributed by atoms with Gasteiger partial charge in [0.05, 0.1) is 19.8 Å². The molecular formula is C18H43ClN3O4P. The second kappa shape index (κ2) is 18.3. The van der Waals surface area contributed by atoms with Crippen LogP contribution in [-0.4, -0.2) is 93.4 Å². The molecule has 0 aliphatic carbocycles. The largest absolute Gasteiger partial charge is 0.474 e. The third kappa shape index (κ3) is 14.0. The summed E-state index contributed by atoms with van der Waals surface area (Å²) in [6.45, 7) is 21.4. The zero-order valence-corrected chi connectivity index (χ0v) is 20.0. The highest BCUT2D eigenvalue weighted by Crippen LogP contribution is 2.49. The number of rotatable bonds is 18. The van der Waals surface area contributed by atoms with Gasteiger partial charge >= 0.3 is 7.82 Å². The predicted molar refractivity (Wildman–Crippen MR) is 116 cm³/mol. The van der Waals surface area contributed by atoms with Gasteiger partial charge in [0.25, 0.3) is 0 Å². The van der Waals surface area contributed by atoms with E-state index in [-0.39, 0.29) is 12.4 Å². The molecule has 0 radical (unpaired) electrons. The highest BCUT2D eigenvalue weighted by atomic mass is 35.5. The van der Waals surface area contributed by atoms with Crippen LogP contribution in [0.5, 0.6) is 0 Å². The number of hydrogen-bond acceptors (Lipinski definition) is 7. The van der Waals surface area contributed by atoms with Crippen LogP contribution in [0, 0.1) is 0 Å². The molecule has 0 amide bonds. The number of halogens is 1. The van der Waals surface area contributed by atoms with Crippen molar-refractivity contribution >= 4 is 20.2 Å². The maximum atomic E-state index is 13.0. The van der Waals surface area contributed by atoms with Crippen LogP contribution >= 0.6 is 20.2 Å². The van der Waals surface area contributed by atoms with Crippen LogP contribution in [-0.2, 0) is 18.1 Å². The summed E-state index contributed by atoms with van der Waals surface area (Å²) in [5.74, 6) is 0. The number of phosphoric acid groups is 1. The summed E-state index contributed by atoms with van der Waals surface area (Å²) in [4.78, 5) is 6.66. The van der Waals surface area contributed by atoms with Gasteiger partial charge in [0.1, 0.15) is 0 Å². The smallest absolute Gasteiger partial charge is 0.302 e. The Morgan fingerprint density at radius 2 is 0.778 bits per heavy atom. The third-order valence-corrected chi connectivity index (χ3v) is 6.15. The van der Waals surface area contributed by atoms with Crippen LogP contribution in [0.1, 0.15) is 41.5 Å². The quantitative estimate of drug-likeness (QED) is 0.307. The Morgan fingerprint density at radius 3 is 0.963 bits per heavy atom. The molecule has 0 heterocycles. The van der Waals surface area contributed by atoms with E-state index in [1.165, 1.54) is 0 Å². The summed E-state index contributed by atoms with van der Waals surface area (Å²) < 4.78 is 29.7. The van der Waals surface area contributed by atoms with Crippen molar-refractivity contribution in [1.82, 2.24) is 14.7 Å². The van der Waals surface area contributed by atoms with Gasteiger partial charge in [-0.05, 0) is 39.3 Å². The van der Waals surface area contributed by atoms with Crippen molar-refractivity contribution in [1.29, 1.82) is 0 Å². The molecule has 0 bridgehead atoms. The lowest BCUT2D eigenvalue weighted by molar-refractivity contribution is 0.0878. The maximum Gasteiger partial charge on any atom is 0.474 e. The summed E-state index contributed by atoms with van der Waals surface area (Å²) in [5.41, 5.74) is 0. The van der Waals surface area contributed by atoms with E-state index in [2.05, 4.69) is 56.2 Å². The molecular weight excluding hydrogens is 389 g/mol. The highest BCUT2D eigenvalue weighted by Gasteiger charge is 2.27. The first kappa shape index (κ1) is 29.5. The third-order valence-electron chi connectivity index (χ3n) is 4.65. The van der Waals surface area contributed by atoms with Crippen molar-refractivity contribution in [3.63, 3.8) is 0 Å². The molecule has 0 fully saturated rings. The summed E-state index contributed by atoms with van der Waals surface area (Å²) in [7, 11) is -3.53. The Bertz CT molecular complexity index is 316. The van der Waals surface area contributed by atoms with E-state index in [0.29, 0.717) is 19.8 Å². The van der Waals surface area contributed by atoms with Gasteiger partial charge in [0.2, 0.25) is 0 Å². The zero-order valence-electron chi connectivity index (χ0n) is 18.3. The lowest BCUT2D eigenvalue weighted by Gasteiger charge is -2.24. The van der Waals surface area contributed by atoms with Gasteiger partial charge in [0.15, 0.2) is 0 Å². The van der Waals surface area contributed by atoms with E-state index in [9.17, 15) is 4.57 Å². The summed E-state index contributed by atoms with van der Waals surface area (Å²) >= 11 is 0. The first-order valence-corrected chi connectivity index (χ1v) is 11.6. The Kier molecular flexibility index (Phi) is 20.0. The molecule has 0 spiro atoms. The van der Waals surface area contributed by atoms with Crippen LogP contribution < -0.4 is 0 Å². The number of phosphoric ester groups is 1. The van der Waals surface area contributed by atoms with Gasteiger partial charge in [0, 0.05) is 19.6 Å². The topological polar surface area (TPSA) is 54.5 Å². The Balaban J connectivity index is 0. The fourth-order valence-electron chi connectivity index (χ4n) is 2.58. The van der Waals surface area contributed by atoms with E-state index in [1.54, 1.807) is 0 Å². The first-order valence-electron chi connectivity index (χ1n) is 10.2. The average Bonchev–Trinajstić information content (AvgIpc) is 2.66. The minimum Gasteiger partial charge on any atom is -0.302 e. The SMILES string of the molecule is CCN(CC)CCOP(=O)(OCCN(CC)CC)OCCN(CC)CC.Cl. The molecule has 0 rings (SSSR count). The monoisotopic (exact) mass is 431 g/mol. The molecule has 0 saturated heterocycles. The van der Waals surface area contributed by atoms with E-state index in [0.717, 1.165) is 58.9 Å². The lowest BCUT2D eigenvalue weighted by Crippen LogP contribution is -2.29. The van der Waals surface area contributed by atoms with Gasteiger partial charge in [-0.1, -0.05) is 41.5 Å². The Morgan fingerprint density at radius 1 is 0.556 bits per heavy atom. The minimum atomic E-state index is -3.53. The average molecular weight is 432 g/mol. The van der Waals surface area contributed by atoms with E-state index in [4.69, 9.17) is 13.6 Å². The Hall–Kier alpha value is 0.280. The maximum absolute atomic E-state index is 13.0. The van der Waals surface area contributed by atoms with E-state index < -0.39 is 7.82 Å². The zero-order chi connectivity index (χ0) is 19.8. The Labute approximate surface area is 173 Å². The summed E-state index contributed by atoms with van der Waals surface area (Å²) in [5, 5.41) is 0. The number of likely N-dealkylation sites (N-methyl/N-ethyl adjacent to an activating group) is 3. The fourth-order valence-corrected chi connectivity index (χ4v) is 3.72. The highest BCUT2D eigenvalue weighted by molar-refractivity contribution is 7.48. The molecule has 7 nitrogen and oxygen atoms in total. The van der Waals surface area contributed by atoms with Crippen LogP contribution in [0.15, 0.2) is 0 Å². The molecule has 0 aromatic heterocycles. The van der Waals surface area contributed by atoms with Crippen LogP contribution in [0.25, 0.3) is 0 Å². The van der Waals surface area contributed by atoms with Crippen LogP contribution in [0.3, 0.4) is 0 Å². The molecule has 0 saturated carbocycles. The lowest BCUT2D eigenvalue weighted by atomic mass is 10.5. The molecule has 0 aliphatic rings. The fraction of sp³-hybridized carbons (Fsp3) is 1.00. The predicted octanol–water partition coefficient (Wildman–Crippen LogP) is 3.59. The van der Waals surface area contributed by atoms with E-state index >= 15 is 0 Å². The number of nitrogens with zero attached hydrogens (tertiary/aromatic N) is 3. The molecule has 0 aliphatic heterocycles. The molecule has 0 aromatic carbocycles. The number of hydrogen-bond donors (Lipinski definition) is 0. The van der Waals surface area contributed by atoms with Crippen molar-refractivity contribution in [2.75, 3.05) is 78.7 Å². The molecule has 9 heteroatoms. The standard InChI is InChI=1S/C18H42N3O4P.ClH/c1-7-19(8-2)13-16-23-26(22,24-17-14-20(9-3)10-4)25-18-15-21(11-5)12-6;/h7-18H2,1-6H3;1H. The van der Waals surface area contributed by atoms with Crippen molar-refractivity contribution in [3.8, 4) is 0 Å². The van der Waals surface area contributed by atoms with Crippen molar-refractivity contribution < 1.29 is 18.1 Å². The van der Waals surface area contributed by atoms with Crippen LogP contribution in [0.4, 0.5) is 0 Å². The van der Waals surface area contributed by atoms with Crippen LogP contribution in [0.2, 0.25) is 0 Å². The summed E-state index contributed by atoms with van der Waals surface area (Å²) in [6, 6.07) is 0. The molecule has 166 valence electrons. The first-order chi connectivity index (χ1) is 12.5. The van der Waals surface area contributed by atoms with Gasteiger partial charge < -0.3 is 14.7 Å². The van der Waals surface area contributed by atoms with Gasteiger partial charge in [-0.3, -0.25) is 13.6 Å². The molecule has 0 N–H and O–H groups in total. The summed E-state index contributed by atoms with van der Waals surface area (Å²) in [6.07, 6.45) is 0. The van der Waals surface area contributed by atoms with Gasteiger partial charge in [-0.25, -0.2) is 4.57 Å². The van der Waals surface area contributed by atoms with Gasteiger partial charge in [-0.2, -0.15) is 0 Å². The normalized spacial score (nSPS) is 12.2. The second-order valence-electron chi connectivity index (χ2n) is 6.03. The molecule has 0 atom stereocenters. The van der Waals surface area contributed by atoms with Crippen molar-refractivity contribution in [3.05, 3.63) is 0 Å². The van der Waals surface area contributed by atoms with Crippen molar-refractivity contribution in [2.45, 2.75) is 41.5 Å².